The molecule has 1 amide bonds. The largest absolute Gasteiger partial charge is 0.507 e. The number of hydrogen-bond donors (Lipinski definition) is 1. The average molecular weight is 405 g/mol. The van der Waals surface area contributed by atoms with Gasteiger partial charge in [-0.1, -0.05) is 0 Å². The van der Waals surface area contributed by atoms with Gasteiger partial charge >= 0.3 is 6.18 Å². The third kappa shape index (κ3) is 3.50. The number of hydrogen-bond acceptors (Lipinski definition) is 5. The van der Waals surface area contributed by atoms with E-state index >= 15 is 0 Å². The molecule has 1 fully saturated rings. The lowest BCUT2D eigenvalue weighted by Gasteiger charge is -2.28. The minimum Gasteiger partial charge on any atom is -0.507 e. The van der Waals surface area contributed by atoms with Gasteiger partial charge in [-0.15, -0.1) is 5.10 Å². The fourth-order valence-corrected chi connectivity index (χ4v) is 3.57. The van der Waals surface area contributed by atoms with Crippen LogP contribution in [0.4, 0.5) is 13.2 Å². The molecule has 152 valence electrons. The first kappa shape index (κ1) is 19.2. The van der Waals surface area contributed by atoms with E-state index in [0.717, 1.165) is 6.07 Å². The van der Waals surface area contributed by atoms with Crippen molar-refractivity contribution in [3.63, 3.8) is 0 Å². The van der Waals surface area contributed by atoms with Crippen LogP contribution in [0.2, 0.25) is 0 Å². The number of likely N-dealkylation sites (tertiary alicyclic amines) is 1. The third-order valence-corrected chi connectivity index (χ3v) is 5.09. The van der Waals surface area contributed by atoms with E-state index in [0.29, 0.717) is 42.3 Å². The van der Waals surface area contributed by atoms with Gasteiger partial charge in [-0.2, -0.15) is 23.1 Å². The summed E-state index contributed by atoms with van der Waals surface area (Å²) in [5.74, 6) is -0.421. The Balaban J connectivity index is 1.71. The first-order chi connectivity index (χ1) is 13.6. The molecular weight excluding hydrogens is 387 g/mol. The molecule has 1 aliphatic heterocycles. The zero-order valence-electron chi connectivity index (χ0n) is 15.7. The Kier molecular flexibility index (Phi) is 4.44. The van der Waals surface area contributed by atoms with E-state index < -0.39 is 17.5 Å². The molecule has 7 nitrogen and oxygen atoms in total. The molecule has 3 heterocycles. The number of nitrogens with zero attached hydrogens (tertiary/aromatic N) is 5. The van der Waals surface area contributed by atoms with E-state index in [2.05, 4.69) is 15.2 Å². The minimum atomic E-state index is -4.55. The molecule has 0 aliphatic carbocycles. The summed E-state index contributed by atoms with van der Waals surface area (Å²) in [5.41, 5.74) is 0.711. The quantitative estimate of drug-likeness (QED) is 0.707. The molecule has 0 radical (unpaired) electrons. The van der Waals surface area contributed by atoms with Crippen molar-refractivity contribution in [1.82, 2.24) is 24.9 Å². The lowest BCUT2D eigenvalue weighted by Crippen LogP contribution is -2.38. The summed E-state index contributed by atoms with van der Waals surface area (Å²) in [7, 11) is 1.73. The van der Waals surface area contributed by atoms with Gasteiger partial charge in [-0.05, 0) is 43.2 Å². The Morgan fingerprint density at radius 2 is 1.97 bits per heavy atom. The number of halogens is 3. The zero-order valence-corrected chi connectivity index (χ0v) is 15.7. The van der Waals surface area contributed by atoms with Crippen molar-refractivity contribution >= 4 is 17.1 Å². The molecule has 1 saturated heterocycles. The number of aromatic nitrogens is 4. The van der Waals surface area contributed by atoms with Crippen LogP contribution in [0, 0.1) is 6.92 Å². The Hall–Kier alpha value is -3.17. The van der Waals surface area contributed by atoms with Crippen LogP contribution in [0.25, 0.3) is 22.4 Å². The van der Waals surface area contributed by atoms with Crippen molar-refractivity contribution in [2.24, 2.45) is 0 Å². The van der Waals surface area contributed by atoms with E-state index in [4.69, 9.17) is 0 Å². The van der Waals surface area contributed by atoms with E-state index in [1.807, 2.05) is 0 Å². The van der Waals surface area contributed by atoms with Crippen molar-refractivity contribution in [2.75, 3.05) is 13.6 Å². The zero-order chi connectivity index (χ0) is 20.9. The number of likely N-dealkylation sites (N-methyl/N-ethyl adjacent to an activating group) is 1. The topological polar surface area (TPSA) is 84.1 Å². The smallest absolute Gasteiger partial charge is 0.416 e. The molecule has 1 aromatic carbocycles. The van der Waals surface area contributed by atoms with Crippen LogP contribution in [-0.2, 0) is 11.0 Å². The van der Waals surface area contributed by atoms with Gasteiger partial charge in [0.05, 0.1) is 17.3 Å². The van der Waals surface area contributed by atoms with Crippen LogP contribution in [-0.4, -0.2) is 49.5 Å². The first-order valence-corrected chi connectivity index (χ1v) is 9.02. The van der Waals surface area contributed by atoms with Gasteiger partial charge < -0.3 is 10.0 Å². The molecule has 2 aromatic heterocycles. The Labute approximate surface area is 163 Å². The lowest BCUT2D eigenvalue weighted by molar-refractivity contribution is -0.137. The van der Waals surface area contributed by atoms with Crippen LogP contribution in [0.15, 0.2) is 24.3 Å². The fraction of sp³-hybridized carbons (Fsp3) is 0.368. The van der Waals surface area contributed by atoms with Crippen molar-refractivity contribution in [3.05, 3.63) is 35.4 Å². The third-order valence-electron chi connectivity index (χ3n) is 5.09. The SMILES string of the molecule is Cc1cc(C(F)(F)F)cc(O)c1-c1ccc2nn([C@@H]3CCC(=O)N(C)C3)nc2n1. The molecule has 3 aromatic rings. The first-order valence-electron chi connectivity index (χ1n) is 9.02. The summed E-state index contributed by atoms with van der Waals surface area (Å²) in [4.78, 5) is 19.2. The maximum absolute atomic E-state index is 12.9. The van der Waals surface area contributed by atoms with Gasteiger partial charge in [-0.3, -0.25) is 4.79 Å². The fourth-order valence-electron chi connectivity index (χ4n) is 3.57. The Bertz CT molecular complexity index is 1090. The summed E-state index contributed by atoms with van der Waals surface area (Å²) in [6.07, 6.45) is -3.51. The van der Waals surface area contributed by atoms with Crippen LogP contribution < -0.4 is 0 Å². The molecule has 1 N–H and O–H groups in total. The van der Waals surface area contributed by atoms with E-state index in [1.165, 1.54) is 11.7 Å². The predicted molar refractivity (Wildman–Crippen MR) is 98.1 cm³/mol. The monoisotopic (exact) mass is 405 g/mol. The second kappa shape index (κ2) is 6.71. The maximum atomic E-state index is 12.9. The predicted octanol–water partition coefficient (Wildman–Crippen LogP) is 3.32. The van der Waals surface area contributed by atoms with E-state index in [9.17, 15) is 23.1 Å². The summed E-state index contributed by atoms with van der Waals surface area (Å²) in [5, 5.41) is 19.0. The Morgan fingerprint density at radius 3 is 2.62 bits per heavy atom. The van der Waals surface area contributed by atoms with Crippen molar-refractivity contribution in [2.45, 2.75) is 32.0 Å². The molecule has 0 spiro atoms. The van der Waals surface area contributed by atoms with Gasteiger partial charge in [-0.25, -0.2) is 4.98 Å². The van der Waals surface area contributed by atoms with Crippen molar-refractivity contribution in [1.29, 1.82) is 0 Å². The van der Waals surface area contributed by atoms with E-state index in [1.54, 1.807) is 24.1 Å². The minimum absolute atomic E-state index is 0.0726. The standard InChI is InChI=1S/C19H18F3N5O2/c1-10-7-11(19(20,21)22)8-15(28)17(10)13-4-5-14-18(23-13)25-27(24-14)12-3-6-16(29)26(2)9-12/h4-5,7-8,12,28H,3,6,9H2,1-2H3/t12-/m1/s1. The van der Waals surface area contributed by atoms with Crippen LogP contribution in [0.5, 0.6) is 5.75 Å². The molecule has 1 aliphatic rings. The van der Waals surface area contributed by atoms with Gasteiger partial charge in [0, 0.05) is 25.6 Å². The average Bonchev–Trinajstić information content (AvgIpc) is 3.06. The van der Waals surface area contributed by atoms with Crippen LogP contribution >= 0.6 is 0 Å². The maximum Gasteiger partial charge on any atom is 0.416 e. The van der Waals surface area contributed by atoms with Crippen molar-refractivity contribution < 1.29 is 23.1 Å². The summed E-state index contributed by atoms with van der Waals surface area (Å²) < 4.78 is 38.8. The summed E-state index contributed by atoms with van der Waals surface area (Å²) >= 11 is 0. The number of amides is 1. The van der Waals surface area contributed by atoms with E-state index in [-0.39, 0.29) is 23.1 Å². The van der Waals surface area contributed by atoms with Crippen LogP contribution in [0.3, 0.4) is 0 Å². The van der Waals surface area contributed by atoms with Gasteiger partial charge in [0.15, 0.2) is 0 Å². The highest BCUT2D eigenvalue weighted by atomic mass is 19.4. The number of fused-ring (bicyclic) bond motifs is 1. The molecule has 1 atom stereocenters. The summed E-state index contributed by atoms with van der Waals surface area (Å²) in [6.45, 7) is 1.98. The number of phenolic OH excluding ortho intramolecular Hbond substituents is 1. The number of piperidine rings is 1. The Morgan fingerprint density at radius 1 is 1.21 bits per heavy atom. The number of benzene rings is 1. The van der Waals surface area contributed by atoms with Crippen molar-refractivity contribution in [3.8, 4) is 17.0 Å². The number of carbonyl (C=O) groups is 1. The molecule has 10 heteroatoms. The van der Waals surface area contributed by atoms with Gasteiger partial charge in [0.2, 0.25) is 11.6 Å². The molecular formula is C19H18F3N5O2. The molecule has 29 heavy (non-hydrogen) atoms. The van der Waals surface area contributed by atoms with Crippen LogP contribution in [0.1, 0.15) is 30.0 Å². The molecule has 4 rings (SSSR count). The van der Waals surface area contributed by atoms with Gasteiger partial charge in [0.25, 0.3) is 0 Å². The molecule has 0 bridgehead atoms. The second-order valence-corrected chi connectivity index (χ2v) is 7.21. The lowest BCUT2D eigenvalue weighted by atomic mass is 10.0. The number of aryl methyl sites for hydroxylation is 1. The molecule has 0 unspecified atom stereocenters. The number of carbonyl (C=O) groups excluding carboxylic acids is 1. The number of phenols is 1. The number of aromatic hydroxyl groups is 1. The number of pyridine rings is 1. The summed E-state index contributed by atoms with van der Waals surface area (Å²) in [6, 6.07) is 4.85. The van der Waals surface area contributed by atoms with Gasteiger partial charge in [0.1, 0.15) is 11.3 Å². The normalized spacial score (nSPS) is 17.9. The highest BCUT2D eigenvalue weighted by Gasteiger charge is 2.32. The molecule has 0 saturated carbocycles. The second-order valence-electron chi connectivity index (χ2n) is 7.21. The number of rotatable bonds is 2. The highest BCUT2D eigenvalue weighted by Crippen LogP contribution is 2.38. The number of alkyl halides is 3. The highest BCUT2D eigenvalue weighted by molar-refractivity contribution is 5.78.